The molecular weight excluding hydrogens is 250 g/mol. The number of fused-ring (bicyclic) bond motifs is 1. The second-order valence-corrected chi connectivity index (χ2v) is 5.97. The Morgan fingerprint density at radius 3 is 2.70 bits per heavy atom. The van der Waals surface area contributed by atoms with Crippen LogP contribution in [0.4, 0.5) is 0 Å². The van der Waals surface area contributed by atoms with E-state index in [-0.39, 0.29) is 11.6 Å². The first kappa shape index (κ1) is 15.1. The molecule has 0 spiro atoms. The first-order valence-corrected chi connectivity index (χ1v) is 7.24. The second kappa shape index (κ2) is 5.98. The number of aryl methyl sites for hydroxylation is 1. The minimum atomic E-state index is -0.179. The molecule has 0 aliphatic heterocycles. The van der Waals surface area contributed by atoms with E-state index in [1.54, 1.807) is 7.11 Å². The molecule has 1 aromatic heterocycles. The molecule has 0 amide bonds. The number of nitrogens with one attached hydrogen (secondary N) is 1. The van der Waals surface area contributed by atoms with Crippen LogP contribution >= 0.6 is 0 Å². The summed E-state index contributed by atoms with van der Waals surface area (Å²) in [6.07, 6.45) is 0.871. The Morgan fingerprint density at radius 2 is 2.05 bits per heavy atom. The van der Waals surface area contributed by atoms with Crippen molar-refractivity contribution in [3.05, 3.63) is 35.6 Å². The molecule has 3 nitrogen and oxygen atoms in total. The van der Waals surface area contributed by atoms with Crippen LogP contribution < -0.4 is 5.32 Å². The molecule has 3 heteroatoms. The minimum Gasteiger partial charge on any atom is -0.459 e. The fraction of sp³-hybridized carbons (Fsp3) is 0.529. The number of hydrogen-bond acceptors (Lipinski definition) is 3. The third kappa shape index (κ3) is 3.41. The van der Waals surface area contributed by atoms with Gasteiger partial charge in [0.05, 0.1) is 11.6 Å². The Hall–Kier alpha value is -1.32. The zero-order chi connectivity index (χ0) is 14.8. The fourth-order valence-electron chi connectivity index (χ4n) is 2.45. The smallest absolute Gasteiger partial charge is 0.134 e. The van der Waals surface area contributed by atoms with Crippen LogP contribution in [0.3, 0.4) is 0 Å². The van der Waals surface area contributed by atoms with Gasteiger partial charge in [-0.3, -0.25) is 0 Å². The van der Waals surface area contributed by atoms with Gasteiger partial charge in [0.25, 0.3) is 0 Å². The molecular formula is C17H25NO2. The molecule has 1 aromatic carbocycles. The van der Waals surface area contributed by atoms with Crippen molar-refractivity contribution >= 4 is 11.0 Å². The van der Waals surface area contributed by atoms with Crippen molar-refractivity contribution in [1.29, 1.82) is 0 Å². The van der Waals surface area contributed by atoms with E-state index in [9.17, 15) is 0 Å². The molecule has 0 saturated carbocycles. The SMILES string of the molecule is CCNC(CC(C)(C)OC)c1cc2cc(C)ccc2o1. The highest BCUT2D eigenvalue weighted by molar-refractivity contribution is 5.78. The number of benzene rings is 1. The van der Waals surface area contributed by atoms with E-state index in [0.29, 0.717) is 0 Å². The summed E-state index contributed by atoms with van der Waals surface area (Å²) >= 11 is 0. The van der Waals surface area contributed by atoms with Crippen LogP contribution in [0.1, 0.15) is 44.6 Å². The van der Waals surface area contributed by atoms with E-state index in [0.717, 1.165) is 29.7 Å². The molecule has 0 aliphatic carbocycles. The summed E-state index contributed by atoms with van der Waals surface area (Å²) in [7, 11) is 1.75. The number of ether oxygens (including phenoxy) is 1. The number of furan rings is 1. The molecule has 1 heterocycles. The van der Waals surface area contributed by atoms with Gasteiger partial charge in [-0.1, -0.05) is 18.6 Å². The van der Waals surface area contributed by atoms with Crippen molar-refractivity contribution in [1.82, 2.24) is 5.32 Å². The summed E-state index contributed by atoms with van der Waals surface area (Å²) in [5.74, 6) is 0.984. The van der Waals surface area contributed by atoms with Crippen LogP contribution in [0.2, 0.25) is 0 Å². The molecule has 2 rings (SSSR count). The van der Waals surface area contributed by atoms with E-state index in [1.165, 1.54) is 5.56 Å². The van der Waals surface area contributed by atoms with Crippen molar-refractivity contribution < 1.29 is 9.15 Å². The van der Waals surface area contributed by atoms with Crippen LogP contribution in [-0.2, 0) is 4.74 Å². The molecule has 0 fully saturated rings. The average molecular weight is 275 g/mol. The quantitative estimate of drug-likeness (QED) is 0.857. The zero-order valence-electron chi connectivity index (χ0n) is 13.1. The van der Waals surface area contributed by atoms with Gasteiger partial charge in [0, 0.05) is 12.5 Å². The summed E-state index contributed by atoms with van der Waals surface area (Å²) in [4.78, 5) is 0. The van der Waals surface area contributed by atoms with Crippen molar-refractivity contribution in [3.8, 4) is 0 Å². The van der Waals surface area contributed by atoms with Crippen LogP contribution in [0.15, 0.2) is 28.7 Å². The molecule has 1 atom stereocenters. The topological polar surface area (TPSA) is 34.4 Å². The molecule has 2 aromatic rings. The highest BCUT2D eigenvalue weighted by atomic mass is 16.5. The Bertz CT molecular complexity index is 571. The third-order valence-electron chi connectivity index (χ3n) is 3.73. The van der Waals surface area contributed by atoms with Crippen molar-refractivity contribution in [2.75, 3.05) is 13.7 Å². The second-order valence-electron chi connectivity index (χ2n) is 5.97. The van der Waals surface area contributed by atoms with Gasteiger partial charge in [-0.2, -0.15) is 0 Å². The minimum absolute atomic E-state index is 0.169. The van der Waals surface area contributed by atoms with Gasteiger partial charge >= 0.3 is 0 Å². The summed E-state index contributed by atoms with van der Waals surface area (Å²) in [5, 5.41) is 4.66. The molecule has 0 radical (unpaired) electrons. The lowest BCUT2D eigenvalue weighted by Gasteiger charge is -2.27. The van der Waals surface area contributed by atoms with E-state index >= 15 is 0 Å². The largest absolute Gasteiger partial charge is 0.459 e. The lowest BCUT2D eigenvalue weighted by molar-refractivity contribution is 0.00529. The predicted molar refractivity (Wildman–Crippen MR) is 83.1 cm³/mol. The van der Waals surface area contributed by atoms with Crippen LogP contribution in [0, 0.1) is 6.92 Å². The average Bonchev–Trinajstić information content (AvgIpc) is 2.81. The normalized spacial score (nSPS) is 13.8. The maximum Gasteiger partial charge on any atom is 0.134 e. The van der Waals surface area contributed by atoms with Crippen LogP contribution in [0.5, 0.6) is 0 Å². The maximum absolute atomic E-state index is 6.01. The molecule has 0 saturated heterocycles. The summed E-state index contributed by atoms with van der Waals surface area (Å²) in [6.45, 7) is 9.32. The lowest BCUT2D eigenvalue weighted by Crippen LogP contribution is -2.31. The Labute approximate surface area is 121 Å². The van der Waals surface area contributed by atoms with Crippen LogP contribution in [0.25, 0.3) is 11.0 Å². The highest BCUT2D eigenvalue weighted by Crippen LogP contribution is 2.30. The van der Waals surface area contributed by atoms with E-state index < -0.39 is 0 Å². The highest BCUT2D eigenvalue weighted by Gasteiger charge is 2.25. The van der Waals surface area contributed by atoms with Gasteiger partial charge < -0.3 is 14.5 Å². The Kier molecular flexibility index (Phi) is 4.51. The number of hydrogen-bond donors (Lipinski definition) is 1. The Morgan fingerprint density at radius 1 is 1.30 bits per heavy atom. The van der Waals surface area contributed by atoms with Gasteiger partial charge in [0.2, 0.25) is 0 Å². The molecule has 20 heavy (non-hydrogen) atoms. The van der Waals surface area contributed by atoms with Gasteiger partial charge in [0.1, 0.15) is 11.3 Å². The maximum atomic E-state index is 6.01. The summed E-state index contributed by atoms with van der Waals surface area (Å²) < 4.78 is 11.6. The van der Waals surface area contributed by atoms with E-state index in [1.807, 2.05) is 6.07 Å². The van der Waals surface area contributed by atoms with Crippen molar-refractivity contribution in [3.63, 3.8) is 0 Å². The van der Waals surface area contributed by atoms with Gasteiger partial charge in [-0.15, -0.1) is 0 Å². The first-order chi connectivity index (χ1) is 9.45. The zero-order valence-corrected chi connectivity index (χ0v) is 13.1. The van der Waals surface area contributed by atoms with E-state index in [2.05, 4.69) is 51.2 Å². The summed E-state index contributed by atoms with van der Waals surface area (Å²) in [6, 6.07) is 8.59. The standard InChI is InChI=1S/C17H25NO2/c1-6-18-14(11-17(3,4)19-5)16-10-13-9-12(2)7-8-15(13)20-16/h7-10,14,18H,6,11H2,1-5H3. The molecule has 0 bridgehead atoms. The molecule has 1 N–H and O–H groups in total. The lowest BCUT2D eigenvalue weighted by atomic mass is 9.97. The number of methoxy groups -OCH3 is 1. The van der Waals surface area contributed by atoms with Gasteiger partial charge in [-0.25, -0.2) is 0 Å². The third-order valence-corrected chi connectivity index (χ3v) is 3.73. The molecule has 110 valence electrons. The first-order valence-electron chi connectivity index (χ1n) is 7.24. The van der Waals surface area contributed by atoms with E-state index in [4.69, 9.17) is 9.15 Å². The van der Waals surface area contributed by atoms with Gasteiger partial charge in [0.15, 0.2) is 0 Å². The molecule has 1 unspecified atom stereocenters. The molecule has 0 aliphatic rings. The van der Waals surface area contributed by atoms with Gasteiger partial charge in [-0.05, 0) is 51.9 Å². The predicted octanol–water partition coefficient (Wildman–Crippen LogP) is 4.21. The summed E-state index contributed by atoms with van der Waals surface area (Å²) in [5.41, 5.74) is 2.02. The van der Waals surface area contributed by atoms with Crippen molar-refractivity contribution in [2.45, 2.75) is 45.8 Å². The Balaban J connectivity index is 2.31. The number of rotatable bonds is 6. The monoisotopic (exact) mass is 275 g/mol. The van der Waals surface area contributed by atoms with Crippen molar-refractivity contribution in [2.24, 2.45) is 0 Å². The van der Waals surface area contributed by atoms with Crippen LogP contribution in [-0.4, -0.2) is 19.3 Å². The fourth-order valence-corrected chi connectivity index (χ4v) is 2.45.